The molecule has 0 nitrogen and oxygen atoms in total. The molecule has 70 heteroatoms. The number of hydrogen-bond donors (Lipinski definition) is 0. The summed E-state index contributed by atoms with van der Waals surface area (Å²) < 4.78 is 2.57. The van der Waals surface area contributed by atoms with Gasteiger partial charge in [-0.2, -0.15) is 0 Å². The minimum atomic E-state index is -1.11. The summed E-state index contributed by atoms with van der Waals surface area (Å²) >= 11 is 20.1. The Balaban J connectivity index is 0. The Bertz CT molecular complexity index is 1570. The van der Waals surface area contributed by atoms with Gasteiger partial charge in [-0.3, -0.25) is 0 Å². The van der Waals surface area contributed by atoms with Gasteiger partial charge >= 0.3 is 0 Å². The van der Waals surface area contributed by atoms with Crippen LogP contribution in [0.2, 0.25) is 0 Å². The van der Waals surface area contributed by atoms with Crippen molar-refractivity contribution in [1.82, 2.24) is 0 Å². The number of allylic oxidation sites excluding steroid dienone is 2. The van der Waals surface area contributed by atoms with Crippen LogP contribution < -0.4 is 0 Å². The molecule has 295 valence electrons. The summed E-state index contributed by atoms with van der Waals surface area (Å²) in [5.74, 6) is 0. The van der Waals surface area contributed by atoms with Crippen molar-refractivity contribution < 1.29 is 0 Å². The smallest absolute Gasteiger partial charge is 0.106 e. The summed E-state index contributed by atoms with van der Waals surface area (Å²) in [4.78, 5) is 0.445. The summed E-state index contributed by atoms with van der Waals surface area (Å²) in [5.41, 5.74) is 0. The van der Waals surface area contributed by atoms with Gasteiger partial charge in [-0.05, 0) is 38.5 Å². The van der Waals surface area contributed by atoms with E-state index in [-0.39, 0.29) is 3.78 Å². The molecule has 2 atom stereocenters. The topological polar surface area (TPSA) is 0 Å². The Hall–Kier alpha value is 6.17. The molecule has 0 amide bonds. The van der Waals surface area contributed by atoms with Gasteiger partial charge in [0.2, 0.25) is 0 Å². The van der Waals surface area contributed by atoms with E-state index in [0.717, 1.165) is 6.42 Å². The van der Waals surface area contributed by atoms with Gasteiger partial charge < -0.3 is 0 Å². The molecule has 0 aromatic carbocycles. The third-order valence-corrected chi connectivity index (χ3v) is 21.5. The van der Waals surface area contributed by atoms with Gasteiger partial charge in [0.15, 0.2) is 0 Å². The summed E-state index contributed by atoms with van der Waals surface area (Å²) in [5, 5.41) is 0. The highest BCUT2D eigenvalue weighted by atomic mass is 79.9. The van der Waals surface area contributed by atoms with E-state index in [0.29, 0.717) is 4.83 Å². The highest BCUT2D eigenvalue weighted by Gasteiger charge is 2.55. The van der Waals surface area contributed by atoms with E-state index in [1.54, 1.807) is 0 Å². The lowest BCUT2D eigenvalue weighted by atomic mass is 8.30. The Kier molecular flexibility index (Phi) is 49.3. The minimum absolute atomic E-state index is 0.161. The second kappa shape index (κ2) is 44.8. The lowest BCUT2D eigenvalue weighted by Crippen LogP contribution is -2.89. The molecule has 69 radical (unpaired) electrons. The van der Waals surface area contributed by atoms with E-state index in [1.807, 2.05) is 0 Å². The largest absolute Gasteiger partial charge is 0.112 e. The first-order chi connectivity index (χ1) is 37.4. The van der Waals surface area contributed by atoms with Crippen LogP contribution in [0.25, 0.3) is 0 Å². The highest BCUT2D eigenvalue weighted by Crippen LogP contribution is 2.43. The Morgan fingerprint density at radius 1 is 0.329 bits per heavy atom. The van der Waals surface area contributed by atoms with Crippen LogP contribution >= 0.6 is 75.3 Å². The van der Waals surface area contributed by atoms with Crippen LogP contribution in [-0.4, -0.2) is 470 Å². The lowest BCUT2D eigenvalue weighted by Gasteiger charge is -2.51. The summed E-state index contributed by atoms with van der Waals surface area (Å²) in [6.07, 6.45) is -20.0. The van der Waals surface area contributed by atoms with Crippen molar-refractivity contribution in [2.24, 2.45) is 0 Å². The first-order valence-corrected chi connectivity index (χ1v) is 30.7. The third kappa shape index (κ3) is 29.7. The second-order valence-corrected chi connectivity index (χ2v) is 27.6. The first-order valence-electron chi connectivity index (χ1n) is 27.0. The molecular formula is C12H17B65Br4Cl. The van der Waals surface area contributed by atoms with Crippen molar-refractivity contribution in [2.75, 3.05) is 0 Å². The SMILES string of the molecule is BrC1=C(Br)CCCC1.ClC1(Br)CCCCC1Br.[B]B([B])B([B])B(B([B])[B])B(B(B([B])[B])B([B])[B])B(B(B([B])[B])B([B])[B])B(B([B])[B])B([B])[B].[B][B]B(B([B])[B])B(B([B])[B])B(B(B([B])[B])B([B])[B])B(B(B([B])[B])B([B])[B])B(B([B])[B])B([B])[B]. The molecule has 0 bridgehead atoms. The summed E-state index contributed by atoms with van der Waals surface area (Å²) in [7, 11) is 208. The zero-order valence-corrected chi connectivity index (χ0v) is 54.3. The van der Waals surface area contributed by atoms with Gasteiger partial charge in [0, 0.05) is 475 Å². The average Bonchev–Trinajstić information content (AvgIpc) is 3.30. The van der Waals surface area contributed by atoms with Crippen molar-refractivity contribution in [3.8, 4) is 0 Å². The van der Waals surface area contributed by atoms with Crippen LogP contribution in [0.3, 0.4) is 0 Å². The van der Waals surface area contributed by atoms with Crippen LogP contribution in [0.5, 0.6) is 0 Å². The summed E-state index contributed by atoms with van der Waals surface area (Å²) in [6.45, 7) is 0. The Labute approximate surface area is 599 Å². The standard InChI is InChI=1S/C6H9Br2Cl.C6H8Br2.B33.B32/c7-5-3-1-2-4-6(5,8)9;7-5-3-1-2-4-6(5)8;1-18-27(19(2)3)31(26(16)17)33(30(24(12)13)25(14)15)32(28(20(4)5)21(6)7)29(22(8)9)23(10)11;1-18(2)26(17)30(25(15)16)32(29(23(11)12)24(13)14)31(27(19(3)4)20(5)6)28(21(7)8)22(9)10/h5H,1-4H2;1-4H2;;. The zero-order valence-electron chi connectivity index (χ0n) is 47.2. The molecule has 0 aromatic heterocycles. The van der Waals surface area contributed by atoms with Crippen LogP contribution in [-0.2, 0) is 0 Å². The van der Waals surface area contributed by atoms with E-state index in [2.05, 4.69) is 63.7 Å². The quantitative estimate of drug-likeness (QED) is 0.0517. The molecule has 0 saturated heterocycles. The monoisotopic (exact) mass is 1230 g/mol. The normalized spacial score (nSPS) is 14.6. The van der Waals surface area contributed by atoms with Gasteiger partial charge in [-0.25, -0.2) is 0 Å². The lowest BCUT2D eigenvalue weighted by molar-refractivity contribution is 0.508. The van der Waals surface area contributed by atoms with Gasteiger partial charge in [-0.15, -0.1) is 11.6 Å². The maximum atomic E-state index is 6.32. The number of halogens is 5. The van der Waals surface area contributed by atoms with Gasteiger partial charge in [0.05, 0.1) is 0 Å². The van der Waals surface area contributed by atoms with E-state index >= 15 is 0 Å². The molecule has 0 spiro atoms. The second-order valence-electron chi connectivity index (χ2n) is 22.0. The molecule has 0 N–H and O–H groups in total. The molecular weight excluding hydrogens is 1200 g/mol. The molecule has 1 fully saturated rings. The maximum absolute atomic E-state index is 6.32. The molecule has 1 saturated carbocycles. The van der Waals surface area contributed by atoms with Crippen LogP contribution in [0.15, 0.2) is 8.96 Å². The molecule has 0 aliphatic heterocycles. The van der Waals surface area contributed by atoms with Crippen LogP contribution in [0, 0.1) is 0 Å². The fourth-order valence-electron chi connectivity index (χ4n) is 11.9. The van der Waals surface area contributed by atoms with Gasteiger partial charge in [0.1, 0.15) is 3.78 Å². The number of hydrogen-bond acceptors (Lipinski definition) is 0. The zero-order chi connectivity index (χ0) is 64.9. The predicted octanol–water partition coefficient (Wildman–Crippen LogP) is -17.5. The van der Waals surface area contributed by atoms with Crippen molar-refractivity contribution >= 4 is 537 Å². The maximum Gasteiger partial charge on any atom is 0.112 e. The van der Waals surface area contributed by atoms with E-state index < -0.39 is 192 Å². The molecule has 82 heavy (non-hydrogen) atoms. The van der Waals surface area contributed by atoms with Crippen LogP contribution in [0.4, 0.5) is 0 Å². The third-order valence-electron chi connectivity index (χ3n) is 15.7. The Morgan fingerprint density at radius 2 is 0.561 bits per heavy atom. The first kappa shape index (κ1) is 90.2. The van der Waals surface area contributed by atoms with Gasteiger partial charge in [-0.1, -0.05) is 76.6 Å². The van der Waals surface area contributed by atoms with Crippen molar-refractivity contribution in [3.05, 3.63) is 8.96 Å². The molecule has 0 heterocycles. The van der Waals surface area contributed by atoms with Gasteiger partial charge in [0.25, 0.3) is 0 Å². The fourth-order valence-corrected chi connectivity index (χ4v) is 14.2. The number of alkyl halides is 3. The molecule has 2 aliphatic rings. The van der Waals surface area contributed by atoms with Crippen molar-refractivity contribution in [2.45, 2.75) is 60.0 Å². The van der Waals surface area contributed by atoms with Crippen molar-refractivity contribution in [3.63, 3.8) is 0 Å². The average molecular weight is 1220 g/mol. The molecule has 2 unspecified atom stereocenters. The van der Waals surface area contributed by atoms with Crippen molar-refractivity contribution in [1.29, 1.82) is 0 Å². The minimum Gasteiger partial charge on any atom is -0.106 e. The van der Waals surface area contributed by atoms with Crippen LogP contribution in [0.1, 0.15) is 51.4 Å². The Morgan fingerprint density at radius 3 is 0.720 bits per heavy atom. The molecule has 2 aliphatic carbocycles. The van der Waals surface area contributed by atoms with E-state index in [9.17, 15) is 0 Å². The van der Waals surface area contributed by atoms with E-state index in [1.165, 1.54) is 61.0 Å². The molecule has 2 rings (SSSR count). The fraction of sp³-hybridized carbons (Fsp3) is 0.833. The molecule has 0 aromatic rings. The highest BCUT2D eigenvalue weighted by molar-refractivity contribution is 9.14. The summed E-state index contributed by atoms with van der Waals surface area (Å²) in [6, 6.07) is 0. The predicted molar refractivity (Wildman–Crippen MR) is 466 cm³/mol. The number of rotatable bonds is 29. The van der Waals surface area contributed by atoms with E-state index in [4.69, 9.17) is 275 Å².